The highest BCUT2D eigenvalue weighted by molar-refractivity contribution is 6.09. The van der Waals surface area contributed by atoms with E-state index in [1.165, 1.54) is 19.1 Å². The van der Waals surface area contributed by atoms with Crippen molar-refractivity contribution >= 4 is 29.2 Å². The third-order valence-corrected chi connectivity index (χ3v) is 3.41. The van der Waals surface area contributed by atoms with Crippen molar-refractivity contribution in [3.63, 3.8) is 0 Å². The van der Waals surface area contributed by atoms with Crippen molar-refractivity contribution in [3.8, 4) is 0 Å². The summed E-state index contributed by atoms with van der Waals surface area (Å²) in [5, 5.41) is 7.74. The zero-order chi connectivity index (χ0) is 17.5. The first kappa shape index (κ1) is 17.7. The van der Waals surface area contributed by atoms with E-state index in [2.05, 4.69) is 16.0 Å². The molecule has 0 saturated carbocycles. The first-order valence-corrected chi connectivity index (χ1v) is 7.31. The third kappa shape index (κ3) is 4.43. The summed E-state index contributed by atoms with van der Waals surface area (Å²) in [5.74, 6) is -0.687. The molecular weight excluding hydrogens is 316 g/mol. The number of benzene rings is 1. The normalized spacial score (nSPS) is 13.3. The van der Waals surface area contributed by atoms with Crippen molar-refractivity contribution in [1.29, 1.82) is 0 Å². The number of ether oxygens (including phenoxy) is 2. The molecule has 1 aliphatic heterocycles. The van der Waals surface area contributed by atoms with Crippen molar-refractivity contribution < 1.29 is 23.9 Å². The fourth-order valence-electron chi connectivity index (χ4n) is 2.19. The maximum Gasteiger partial charge on any atom is 0.322 e. The number of anilines is 2. The predicted molar refractivity (Wildman–Crippen MR) is 86.6 cm³/mol. The molecule has 130 valence electrons. The molecule has 4 amide bonds. The van der Waals surface area contributed by atoms with Crippen molar-refractivity contribution in [2.75, 3.05) is 44.1 Å². The highest BCUT2D eigenvalue weighted by atomic mass is 16.7. The van der Waals surface area contributed by atoms with Gasteiger partial charge >= 0.3 is 6.03 Å². The van der Waals surface area contributed by atoms with Crippen LogP contribution in [0.2, 0.25) is 0 Å². The molecule has 0 aliphatic carbocycles. The molecule has 0 bridgehead atoms. The average molecular weight is 336 g/mol. The molecular formula is C15H20N4O5. The van der Waals surface area contributed by atoms with Crippen LogP contribution in [0.25, 0.3) is 0 Å². The number of rotatable bonds is 6. The maximum absolute atomic E-state index is 12.3. The summed E-state index contributed by atoms with van der Waals surface area (Å²) in [6.07, 6.45) is -0.553. The summed E-state index contributed by atoms with van der Waals surface area (Å²) in [4.78, 5) is 37.0. The van der Waals surface area contributed by atoms with E-state index in [1.807, 2.05) is 0 Å². The molecule has 9 heteroatoms. The summed E-state index contributed by atoms with van der Waals surface area (Å²) in [6.45, 7) is -0.171. The van der Waals surface area contributed by atoms with E-state index in [-0.39, 0.29) is 25.5 Å². The minimum atomic E-state index is -0.553. The Balaban J connectivity index is 1.89. The average Bonchev–Trinajstić information content (AvgIpc) is 2.59. The number of carbonyl (C=O) groups excluding carboxylic acids is 3. The molecule has 0 aromatic heterocycles. The molecule has 3 N–H and O–H groups in total. The largest absolute Gasteiger partial charge is 0.354 e. The molecule has 9 nitrogen and oxygen atoms in total. The van der Waals surface area contributed by atoms with E-state index < -0.39 is 18.2 Å². The summed E-state index contributed by atoms with van der Waals surface area (Å²) < 4.78 is 9.89. The van der Waals surface area contributed by atoms with E-state index >= 15 is 0 Å². The van der Waals surface area contributed by atoms with Gasteiger partial charge in [-0.1, -0.05) is 12.1 Å². The number of hydrogen-bond donors (Lipinski definition) is 3. The summed E-state index contributed by atoms with van der Waals surface area (Å²) in [6, 6.07) is 6.42. The number of hydrogen-bond acceptors (Lipinski definition) is 5. The number of amides is 4. The van der Waals surface area contributed by atoms with Gasteiger partial charge in [-0.2, -0.15) is 0 Å². The lowest BCUT2D eigenvalue weighted by Crippen LogP contribution is -2.49. The molecule has 0 atom stereocenters. The van der Waals surface area contributed by atoms with Crippen molar-refractivity contribution in [2.24, 2.45) is 0 Å². The predicted octanol–water partition coefficient (Wildman–Crippen LogP) is -0.110. The van der Waals surface area contributed by atoms with Gasteiger partial charge in [0.1, 0.15) is 6.54 Å². The second kappa shape index (κ2) is 8.27. The van der Waals surface area contributed by atoms with Gasteiger partial charge in [0.05, 0.1) is 24.5 Å². The zero-order valence-electron chi connectivity index (χ0n) is 13.5. The number of carbonyl (C=O) groups is 3. The Morgan fingerprint density at radius 1 is 1.25 bits per heavy atom. The number of para-hydroxylation sites is 2. The van der Waals surface area contributed by atoms with Crippen molar-refractivity contribution in [1.82, 2.24) is 10.6 Å². The monoisotopic (exact) mass is 336 g/mol. The Hall–Kier alpha value is -2.65. The molecule has 0 fully saturated rings. The van der Waals surface area contributed by atoms with Gasteiger partial charge in [-0.05, 0) is 12.1 Å². The molecule has 24 heavy (non-hydrogen) atoms. The molecule has 0 radical (unpaired) electrons. The summed E-state index contributed by atoms with van der Waals surface area (Å²) >= 11 is 0. The first-order chi connectivity index (χ1) is 11.5. The zero-order valence-corrected chi connectivity index (χ0v) is 13.5. The van der Waals surface area contributed by atoms with Gasteiger partial charge in [-0.25, -0.2) is 4.79 Å². The van der Waals surface area contributed by atoms with Crippen LogP contribution in [0.4, 0.5) is 16.2 Å². The smallest absolute Gasteiger partial charge is 0.322 e. The van der Waals surface area contributed by atoms with Crippen LogP contribution < -0.4 is 20.9 Å². The molecule has 0 unspecified atom stereocenters. The molecule has 1 aromatic rings. The quantitative estimate of drug-likeness (QED) is 0.628. The lowest BCUT2D eigenvalue weighted by molar-refractivity contribution is -0.126. The second-order valence-electron chi connectivity index (χ2n) is 5.02. The van der Waals surface area contributed by atoms with Crippen LogP contribution in [0.15, 0.2) is 24.3 Å². The molecule has 0 spiro atoms. The minimum absolute atomic E-state index is 0.111. The van der Waals surface area contributed by atoms with Gasteiger partial charge in [0, 0.05) is 14.2 Å². The standard InChI is InChI=1S/C15H20N4O5/c1-23-14(24-2)8-16-12(20)7-17-15(22)19-9-13(21)18-10-5-3-4-6-11(10)19/h3-6,14H,7-9H2,1-2H3,(H,16,20)(H,17,22)(H,18,21). The van der Waals surface area contributed by atoms with Crippen LogP contribution in [0, 0.1) is 0 Å². The molecule has 0 saturated heterocycles. The highest BCUT2D eigenvalue weighted by Gasteiger charge is 2.26. The second-order valence-corrected chi connectivity index (χ2v) is 5.02. The molecule has 2 rings (SSSR count). The lowest BCUT2D eigenvalue weighted by atomic mass is 10.2. The number of nitrogens with zero attached hydrogens (tertiary/aromatic N) is 1. The van der Waals surface area contributed by atoms with Gasteiger partial charge in [0.15, 0.2) is 6.29 Å². The Labute approximate surface area is 139 Å². The third-order valence-electron chi connectivity index (χ3n) is 3.41. The molecule has 1 heterocycles. The van der Waals surface area contributed by atoms with Gasteiger partial charge in [-0.15, -0.1) is 0 Å². The van der Waals surface area contributed by atoms with Crippen LogP contribution in [-0.2, 0) is 19.1 Å². The minimum Gasteiger partial charge on any atom is -0.354 e. The van der Waals surface area contributed by atoms with Crippen LogP contribution in [-0.4, -0.2) is 58.0 Å². The van der Waals surface area contributed by atoms with E-state index in [1.54, 1.807) is 24.3 Å². The van der Waals surface area contributed by atoms with Crippen molar-refractivity contribution in [2.45, 2.75) is 6.29 Å². The topological polar surface area (TPSA) is 109 Å². The number of methoxy groups -OCH3 is 2. The first-order valence-electron chi connectivity index (χ1n) is 7.31. The van der Waals surface area contributed by atoms with E-state index in [9.17, 15) is 14.4 Å². The van der Waals surface area contributed by atoms with E-state index in [0.29, 0.717) is 11.4 Å². The van der Waals surface area contributed by atoms with Crippen LogP contribution in [0.3, 0.4) is 0 Å². The fraction of sp³-hybridized carbons (Fsp3) is 0.400. The van der Waals surface area contributed by atoms with E-state index in [4.69, 9.17) is 9.47 Å². The number of urea groups is 1. The number of fused-ring (bicyclic) bond motifs is 1. The van der Waals surface area contributed by atoms with Gasteiger partial charge in [0.2, 0.25) is 11.8 Å². The maximum atomic E-state index is 12.3. The lowest BCUT2D eigenvalue weighted by Gasteiger charge is -2.29. The van der Waals surface area contributed by atoms with Crippen LogP contribution in [0.1, 0.15) is 0 Å². The Morgan fingerprint density at radius 2 is 1.96 bits per heavy atom. The van der Waals surface area contributed by atoms with Gasteiger partial charge in [-0.3, -0.25) is 14.5 Å². The summed E-state index contributed by atoms with van der Waals surface area (Å²) in [5.41, 5.74) is 1.13. The number of nitrogens with one attached hydrogen (secondary N) is 3. The Morgan fingerprint density at radius 3 is 2.67 bits per heavy atom. The Bertz CT molecular complexity index is 618. The van der Waals surface area contributed by atoms with Gasteiger partial charge < -0.3 is 25.4 Å². The molecule has 1 aromatic carbocycles. The highest BCUT2D eigenvalue weighted by Crippen LogP contribution is 2.28. The van der Waals surface area contributed by atoms with Gasteiger partial charge in [0.25, 0.3) is 0 Å². The SMILES string of the molecule is COC(CNC(=O)CNC(=O)N1CC(=O)Nc2ccccc21)OC. The fourth-order valence-corrected chi connectivity index (χ4v) is 2.19. The van der Waals surface area contributed by atoms with Crippen molar-refractivity contribution in [3.05, 3.63) is 24.3 Å². The van der Waals surface area contributed by atoms with Crippen LogP contribution >= 0.6 is 0 Å². The van der Waals surface area contributed by atoms with E-state index in [0.717, 1.165) is 0 Å². The summed E-state index contributed by atoms with van der Waals surface area (Å²) in [7, 11) is 2.92. The molecule has 1 aliphatic rings. The Kier molecular flexibility index (Phi) is 6.10. The van der Waals surface area contributed by atoms with Crippen LogP contribution in [0.5, 0.6) is 0 Å².